The van der Waals surface area contributed by atoms with Gasteiger partial charge in [-0.15, -0.1) is 24.0 Å². The minimum Gasteiger partial charge on any atom is -0.454 e. The van der Waals surface area contributed by atoms with Crippen LogP contribution in [0.2, 0.25) is 0 Å². The summed E-state index contributed by atoms with van der Waals surface area (Å²) in [5.74, 6) is 2.64. The van der Waals surface area contributed by atoms with Crippen LogP contribution in [-0.4, -0.2) is 80.9 Å². The Labute approximate surface area is 188 Å². The van der Waals surface area contributed by atoms with Crippen molar-refractivity contribution in [2.75, 3.05) is 53.2 Å². The Morgan fingerprint density at radius 3 is 2.66 bits per heavy atom. The topological polar surface area (TPSA) is 75.6 Å². The highest BCUT2D eigenvalue weighted by Crippen LogP contribution is 2.32. The molecule has 160 valence electrons. The molecule has 3 heterocycles. The van der Waals surface area contributed by atoms with Crippen LogP contribution in [0.3, 0.4) is 0 Å². The molecule has 0 radical (unpaired) electrons. The van der Waals surface area contributed by atoms with Crippen molar-refractivity contribution in [3.05, 3.63) is 23.8 Å². The van der Waals surface area contributed by atoms with Gasteiger partial charge in [-0.1, -0.05) is 6.07 Å². The fourth-order valence-corrected chi connectivity index (χ4v) is 3.86. The third-order valence-corrected chi connectivity index (χ3v) is 5.44. The Morgan fingerprint density at radius 1 is 1.17 bits per heavy atom. The predicted octanol–water partition coefficient (Wildman–Crippen LogP) is 1.47. The van der Waals surface area contributed by atoms with Crippen LogP contribution in [0.1, 0.15) is 18.4 Å². The number of guanidine groups is 1. The van der Waals surface area contributed by atoms with Gasteiger partial charge in [0, 0.05) is 46.4 Å². The summed E-state index contributed by atoms with van der Waals surface area (Å²) in [5.41, 5.74) is 1.19. The van der Waals surface area contributed by atoms with Crippen LogP contribution in [0.4, 0.5) is 0 Å². The molecule has 1 unspecified atom stereocenters. The molecule has 0 saturated carbocycles. The molecule has 29 heavy (non-hydrogen) atoms. The van der Waals surface area contributed by atoms with E-state index >= 15 is 0 Å². The summed E-state index contributed by atoms with van der Waals surface area (Å²) < 4.78 is 16.3. The molecule has 2 fully saturated rings. The number of hydrogen-bond donors (Lipinski definition) is 1. The van der Waals surface area contributed by atoms with Gasteiger partial charge in [-0.05, 0) is 37.0 Å². The third kappa shape index (κ3) is 5.25. The summed E-state index contributed by atoms with van der Waals surface area (Å²) in [6.45, 7) is 4.76. The van der Waals surface area contributed by atoms with Crippen molar-refractivity contribution in [2.24, 2.45) is 4.99 Å². The van der Waals surface area contributed by atoms with E-state index in [1.54, 1.807) is 7.05 Å². The number of fused-ring (bicyclic) bond motifs is 1. The number of ether oxygens (including phenoxy) is 3. The van der Waals surface area contributed by atoms with E-state index in [4.69, 9.17) is 14.2 Å². The summed E-state index contributed by atoms with van der Waals surface area (Å²) >= 11 is 0. The Kier molecular flexibility index (Phi) is 7.82. The highest BCUT2D eigenvalue weighted by atomic mass is 127. The average Bonchev–Trinajstić information content (AvgIpc) is 3.42. The number of amides is 1. The second kappa shape index (κ2) is 10.3. The van der Waals surface area contributed by atoms with E-state index in [1.165, 1.54) is 5.56 Å². The molecule has 8 nitrogen and oxygen atoms in total. The number of rotatable bonds is 4. The van der Waals surface area contributed by atoms with Crippen molar-refractivity contribution in [3.8, 4) is 11.5 Å². The molecule has 4 rings (SSSR count). The number of hydrogen-bond acceptors (Lipinski definition) is 5. The third-order valence-electron chi connectivity index (χ3n) is 5.44. The fraction of sp³-hybridized carbons (Fsp3) is 0.600. The Bertz CT molecular complexity index is 731. The van der Waals surface area contributed by atoms with Crippen molar-refractivity contribution < 1.29 is 19.0 Å². The van der Waals surface area contributed by atoms with Crippen LogP contribution in [-0.2, 0) is 16.0 Å². The van der Waals surface area contributed by atoms with Gasteiger partial charge in [0.1, 0.15) is 6.10 Å². The number of carbonyl (C=O) groups is 1. The molecule has 0 spiro atoms. The number of nitrogens with one attached hydrogen (secondary N) is 1. The van der Waals surface area contributed by atoms with Gasteiger partial charge in [0.05, 0.1) is 0 Å². The summed E-state index contributed by atoms with van der Waals surface area (Å²) in [5, 5.41) is 3.43. The lowest BCUT2D eigenvalue weighted by Crippen LogP contribution is -2.55. The van der Waals surface area contributed by atoms with Gasteiger partial charge in [0.15, 0.2) is 17.5 Å². The minimum atomic E-state index is -0.231. The molecular formula is C20H29IN4O4. The average molecular weight is 516 g/mol. The number of benzene rings is 1. The lowest BCUT2D eigenvalue weighted by Gasteiger charge is -2.37. The first-order valence-corrected chi connectivity index (χ1v) is 9.99. The highest BCUT2D eigenvalue weighted by molar-refractivity contribution is 14.0. The molecule has 9 heteroatoms. The summed E-state index contributed by atoms with van der Waals surface area (Å²) in [6.07, 6.45) is 2.47. The Balaban J connectivity index is 0.00000240. The summed E-state index contributed by atoms with van der Waals surface area (Å²) in [6, 6.07) is 6.05. The van der Waals surface area contributed by atoms with Gasteiger partial charge in [0.2, 0.25) is 6.79 Å². The number of aliphatic imine (C=N–C) groups is 1. The molecule has 1 aromatic rings. The van der Waals surface area contributed by atoms with E-state index < -0.39 is 0 Å². The molecule has 1 aromatic carbocycles. The smallest absolute Gasteiger partial charge is 0.251 e. The monoisotopic (exact) mass is 516 g/mol. The van der Waals surface area contributed by atoms with E-state index in [-0.39, 0.29) is 36.0 Å². The van der Waals surface area contributed by atoms with Crippen LogP contribution in [0, 0.1) is 0 Å². The summed E-state index contributed by atoms with van der Waals surface area (Å²) in [4.78, 5) is 21.0. The molecule has 3 aliphatic rings. The zero-order valence-corrected chi connectivity index (χ0v) is 19.1. The molecular weight excluding hydrogens is 487 g/mol. The van der Waals surface area contributed by atoms with E-state index in [1.807, 2.05) is 17.0 Å². The van der Waals surface area contributed by atoms with Crippen LogP contribution in [0.5, 0.6) is 11.5 Å². The molecule has 0 aromatic heterocycles. The highest BCUT2D eigenvalue weighted by Gasteiger charge is 2.30. The fourth-order valence-electron chi connectivity index (χ4n) is 3.86. The molecule has 1 atom stereocenters. The number of piperazine rings is 1. The quantitative estimate of drug-likeness (QED) is 0.372. The van der Waals surface area contributed by atoms with E-state index in [2.05, 4.69) is 21.3 Å². The molecule has 2 saturated heterocycles. The molecule has 1 N–H and O–H groups in total. The minimum absolute atomic E-state index is 0. The van der Waals surface area contributed by atoms with Crippen LogP contribution < -0.4 is 14.8 Å². The normalized spacial score (nSPS) is 21.1. The van der Waals surface area contributed by atoms with Gasteiger partial charge < -0.3 is 29.3 Å². The van der Waals surface area contributed by atoms with Gasteiger partial charge in [0.25, 0.3) is 5.91 Å². The molecule has 0 bridgehead atoms. The second-order valence-electron chi connectivity index (χ2n) is 7.23. The van der Waals surface area contributed by atoms with E-state index in [9.17, 15) is 4.79 Å². The number of halogens is 1. The first kappa shape index (κ1) is 21.9. The first-order chi connectivity index (χ1) is 13.7. The van der Waals surface area contributed by atoms with Gasteiger partial charge in [-0.25, -0.2) is 0 Å². The first-order valence-electron chi connectivity index (χ1n) is 9.99. The Morgan fingerprint density at radius 2 is 1.93 bits per heavy atom. The van der Waals surface area contributed by atoms with Crippen LogP contribution >= 0.6 is 24.0 Å². The van der Waals surface area contributed by atoms with Crippen molar-refractivity contribution >= 4 is 35.8 Å². The van der Waals surface area contributed by atoms with Crippen molar-refractivity contribution in [3.63, 3.8) is 0 Å². The lowest BCUT2D eigenvalue weighted by atomic mass is 10.1. The summed E-state index contributed by atoms with van der Waals surface area (Å²) in [7, 11) is 1.80. The van der Waals surface area contributed by atoms with Gasteiger partial charge in [-0.2, -0.15) is 0 Å². The zero-order chi connectivity index (χ0) is 19.3. The number of nitrogens with zero attached hydrogens (tertiary/aromatic N) is 3. The van der Waals surface area contributed by atoms with E-state index in [0.29, 0.717) is 26.5 Å². The van der Waals surface area contributed by atoms with Gasteiger partial charge in [-0.3, -0.25) is 9.79 Å². The maximum atomic E-state index is 12.5. The van der Waals surface area contributed by atoms with Crippen molar-refractivity contribution in [1.82, 2.24) is 15.1 Å². The largest absolute Gasteiger partial charge is 0.454 e. The van der Waals surface area contributed by atoms with Crippen LogP contribution in [0.15, 0.2) is 23.2 Å². The molecule has 1 amide bonds. The molecule has 3 aliphatic heterocycles. The van der Waals surface area contributed by atoms with E-state index in [0.717, 1.165) is 56.4 Å². The lowest BCUT2D eigenvalue weighted by molar-refractivity contribution is -0.142. The predicted molar refractivity (Wildman–Crippen MR) is 120 cm³/mol. The standard InChI is InChI=1S/C20H28N4O4.HI/c1-21-20(22-7-6-15-4-5-16-18(13-15)28-14-27-16)24-10-8-23(9-11-24)19(25)17-3-2-12-26-17;/h4-5,13,17H,2-3,6-12,14H2,1H3,(H,21,22);1H. The molecule has 0 aliphatic carbocycles. The van der Waals surface area contributed by atoms with Crippen LogP contribution in [0.25, 0.3) is 0 Å². The maximum Gasteiger partial charge on any atom is 0.251 e. The SMILES string of the molecule is CN=C(NCCc1ccc2c(c1)OCO2)N1CCN(C(=O)C2CCCO2)CC1.I. The number of carbonyl (C=O) groups excluding carboxylic acids is 1. The second-order valence-corrected chi connectivity index (χ2v) is 7.23. The Hall–Kier alpha value is -1.75. The maximum absolute atomic E-state index is 12.5. The van der Waals surface area contributed by atoms with Crippen molar-refractivity contribution in [2.45, 2.75) is 25.4 Å². The van der Waals surface area contributed by atoms with Gasteiger partial charge >= 0.3 is 0 Å². The van der Waals surface area contributed by atoms with Crippen molar-refractivity contribution in [1.29, 1.82) is 0 Å². The zero-order valence-electron chi connectivity index (χ0n) is 16.8.